The van der Waals surface area contributed by atoms with Crippen LogP contribution in [-0.2, 0) is 0 Å². The van der Waals surface area contributed by atoms with E-state index in [1.807, 2.05) is 42.5 Å². The Labute approximate surface area is 121 Å². The van der Waals surface area contributed by atoms with Crippen LogP contribution in [-0.4, -0.2) is 10.1 Å². The molecule has 0 saturated carbocycles. The standard InChI is InChI=1S/C15H12ClN3O/c16-12-8-4-7-11(9-12)14-18-15(20-19-14)13(17)10-5-2-1-3-6-10/h1-9,13H,17H2/t13-/m0/s1. The summed E-state index contributed by atoms with van der Waals surface area (Å²) in [7, 11) is 0. The van der Waals surface area contributed by atoms with Gasteiger partial charge in [-0.15, -0.1) is 0 Å². The number of rotatable bonds is 3. The van der Waals surface area contributed by atoms with Crippen LogP contribution in [0.4, 0.5) is 0 Å². The molecule has 0 unspecified atom stereocenters. The highest BCUT2D eigenvalue weighted by molar-refractivity contribution is 6.30. The molecular weight excluding hydrogens is 274 g/mol. The van der Waals surface area contributed by atoms with Crippen LogP contribution in [0.3, 0.4) is 0 Å². The Balaban J connectivity index is 1.91. The van der Waals surface area contributed by atoms with Crippen molar-refractivity contribution in [1.82, 2.24) is 10.1 Å². The lowest BCUT2D eigenvalue weighted by Crippen LogP contribution is -2.11. The van der Waals surface area contributed by atoms with E-state index in [9.17, 15) is 0 Å². The summed E-state index contributed by atoms with van der Waals surface area (Å²) in [5.41, 5.74) is 7.84. The van der Waals surface area contributed by atoms with Gasteiger partial charge in [-0.1, -0.05) is 59.2 Å². The van der Waals surface area contributed by atoms with Gasteiger partial charge in [-0.3, -0.25) is 0 Å². The van der Waals surface area contributed by atoms with Crippen LogP contribution < -0.4 is 5.73 Å². The maximum absolute atomic E-state index is 6.12. The zero-order valence-electron chi connectivity index (χ0n) is 10.5. The van der Waals surface area contributed by atoms with Gasteiger partial charge >= 0.3 is 0 Å². The molecule has 100 valence electrons. The average Bonchev–Trinajstić information content (AvgIpc) is 2.97. The molecule has 0 aliphatic carbocycles. The first-order valence-corrected chi connectivity index (χ1v) is 6.52. The summed E-state index contributed by atoms with van der Waals surface area (Å²) in [5.74, 6) is 0.861. The largest absolute Gasteiger partial charge is 0.337 e. The molecule has 3 rings (SSSR count). The molecule has 5 heteroatoms. The van der Waals surface area contributed by atoms with Gasteiger partial charge in [-0.2, -0.15) is 4.98 Å². The van der Waals surface area contributed by atoms with Crippen LogP contribution >= 0.6 is 11.6 Å². The lowest BCUT2D eigenvalue weighted by molar-refractivity contribution is 0.367. The predicted octanol–water partition coefficient (Wildman–Crippen LogP) is 3.44. The minimum atomic E-state index is -0.434. The van der Waals surface area contributed by atoms with Crippen molar-refractivity contribution in [2.45, 2.75) is 6.04 Å². The Morgan fingerprint density at radius 3 is 2.60 bits per heavy atom. The smallest absolute Gasteiger partial charge is 0.248 e. The zero-order chi connectivity index (χ0) is 13.9. The molecule has 3 aromatic rings. The van der Waals surface area contributed by atoms with Crippen molar-refractivity contribution in [3.05, 3.63) is 71.1 Å². The average molecular weight is 286 g/mol. The van der Waals surface area contributed by atoms with Gasteiger partial charge in [0.1, 0.15) is 6.04 Å². The van der Waals surface area contributed by atoms with E-state index in [2.05, 4.69) is 10.1 Å². The second kappa shape index (κ2) is 5.45. The maximum Gasteiger partial charge on any atom is 0.248 e. The van der Waals surface area contributed by atoms with Crippen LogP contribution in [0.2, 0.25) is 5.02 Å². The fraction of sp³-hybridized carbons (Fsp3) is 0.0667. The Bertz CT molecular complexity index is 712. The number of hydrogen-bond donors (Lipinski definition) is 1. The van der Waals surface area contributed by atoms with Crippen LogP contribution in [0.1, 0.15) is 17.5 Å². The molecule has 1 heterocycles. The summed E-state index contributed by atoms with van der Waals surface area (Å²) < 4.78 is 5.25. The molecule has 0 saturated heterocycles. The highest BCUT2D eigenvalue weighted by Crippen LogP contribution is 2.23. The third kappa shape index (κ3) is 2.57. The van der Waals surface area contributed by atoms with Crippen LogP contribution in [0.5, 0.6) is 0 Å². The van der Waals surface area contributed by atoms with Crippen LogP contribution in [0, 0.1) is 0 Å². The highest BCUT2D eigenvalue weighted by Gasteiger charge is 2.17. The van der Waals surface area contributed by atoms with Gasteiger partial charge in [-0.05, 0) is 17.7 Å². The Hall–Kier alpha value is -2.17. The summed E-state index contributed by atoms with van der Waals surface area (Å²) in [5, 5.41) is 4.58. The number of halogens is 1. The van der Waals surface area contributed by atoms with E-state index in [0.29, 0.717) is 16.7 Å². The lowest BCUT2D eigenvalue weighted by atomic mass is 10.1. The molecule has 2 N–H and O–H groups in total. The molecule has 1 atom stereocenters. The van der Waals surface area contributed by atoms with Crippen molar-refractivity contribution in [1.29, 1.82) is 0 Å². The molecule has 0 radical (unpaired) electrons. The number of aromatic nitrogens is 2. The lowest BCUT2D eigenvalue weighted by Gasteiger charge is -2.05. The molecule has 0 spiro atoms. The van der Waals surface area contributed by atoms with Gasteiger partial charge in [0, 0.05) is 10.6 Å². The van der Waals surface area contributed by atoms with E-state index in [-0.39, 0.29) is 0 Å². The normalized spacial score (nSPS) is 12.3. The second-order valence-corrected chi connectivity index (χ2v) is 4.79. The summed E-state index contributed by atoms with van der Waals surface area (Å²) in [4.78, 5) is 4.34. The number of benzene rings is 2. The molecule has 0 bridgehead atoms. The van der Waals surface area contributed by atoms with Gasteiger partial charge in [0.2, 0.25) is 11.7 Å². The van der Waals surface area contributed by atoms with E-state index >= 15 is 0 Å². The number of hydrogen-bond acceptors (Lipinski definition) is 4. The minimum absolute atomic E-state index is 0.381. The fourth-order valence-corrected chi connectivity index (χ4v) is 2.10. The molecule has 0 fully saturated rings. The minimum Gasteiger partial charge on any atom is -0.337 e. The first-order chi connectivity index (χ1) is 9.74. The molecule has 0 amide bonds. The zero-order valence-corrected chi connectivity index (χ0v) is 11.3. The van der Waals surface area contributed by atoms with Gasteiger partial charge in [0.05, 0.1) is 0 Å². The van der Waals surface area contributed by atoms with Crippen molar-refractivity contribution >= 4 is 11.6 Å². The molecule has 0 aliphatic heterocycles. The van der Waals surface area contributed by atoms with E-state index < -0.39 is 6.04 Å². The molecule has 4 nitrogen and oxygen atoms in total. The Kier molecular flexibility index (Phi) is 3.50. The van der Waals surface area contributed by atoms with E-state index in [4.69, 9.17) is 21.9 Å². The summed E-state index contributed by atoms with van der Waals surface area (Å²) in [6.45, 7) is 0. The van der Waals surface area contributed by atoms with Gasteiger partial charge in [-0.25, -0.2) is 0 Å². The topological polar surface area (TPSA) is 64.9 Å². The first-order valence-electron chi connectivity index (χ1n) is 6.14. The second-order valence-electron chi connectivity index (χ2n) is 4.35. The fourth-order valence-electron chi connectivity index (χ4n) is 1.91. The van der Waals surface area contributed by atoms with Gasteiger partial charge < -0.3 is 10.3 Å². The van der Waals surface area contributed by atoms with Crippen molar-refractivity contribution < 1.29 is 4.52 Å². The summed E-state index contributed by atoms with van der Waals surface area (Å²) in [6.07, 6.45) is 0. The molecular formula is C15H12ClN3O. The first kappa shape index (κ1) is 12.8. The summed E-state index contributed by atoms with van der Waals surface area (Å²) in [6, 6.07) is 16.5. The molecule has 2 aromatic carbocycles. The van der Waals surface area contributed by atoms with Crippen molar-refractivity contribution in [3.8, 4) is 11.4 Å². The van der Waals surface area contributed by atoms with Crippen molar-refractivity contribution in [3.63, 3.8) is 0 Å². The predicted molar refractivity (Wildman–Crippen MR) is 77.2 cm³/mol. The highest BCUT2D eigenvalue weighted by atomic mass is 35.5. The SMILES string of the molecule is N[C@@H](c1ccccc1)c1nc(-c2cccc(Cl)c2)no1. The molecule has 1 aromatic heterocycles. The summed E-state index contributed by atoms with van der Waals surface area (Å²) >= 11 is 5.95. The van der Waals surface area contributed by atoms with Crippen LogP contribution in [0.25, 0.3) is 11.4 Å². The number of nitrogens with two attached hydrogens (primary N) is 1. The Morgan fingerprint density at radius 2 is 1.85 bits per heavy atom. The van der Waals surface area contributed by atoms with E-state index in [1.54, 1.807) is 12.1 Å². The van der Waals surface area contributed by atoms with E-state index in [0.717, 1.165) is 11.1 Å². The molecule has 20 heavy (non-hydrogen) atoms. The third-order valence-corrected chi connectivity index (χ3v) is 3.18. The van der Waals surface area contributed by atoms with Gasteiger partial charge in [0.15, 0.2) is 0 Å². The number of nitrogens with zero attached hydrogens (tertiary/aromatic N) is 2. The van der Waals surface area contributed by atoms with Crippen molar-refractivity contribution in [2.75, 3.05) is 0 Å². The quantitative estimate of drug-likeness (QED) is 0.800. The van der Waals surface area contributed by atoms with E-state index in [1.165, 1.54) is 0 Å². The third-order valence-electron chi connectivity index (χ3n) is 2.95. The monoisotopic (exact) mass is 285 g/mol. The molecule has 0 aliphatic rings. The van der Waals surface area contributed by atoms with Crippen molar-refractivity contribution in [2.24, 2.45) is 5.73 Å². The Morgan fingerprint density at radius 1 is 1.05 bits per heavy atom. The van der Waals surface area contributed by atoms with Crippen LogP contribution in [0.15, 0.2) is 59.1 Å². The maximum atomic E-state index is 6.12. The van der Waals surface area contributed by atoms with Gasteiger partial charge in [0.25, 0.3) is 0 Å².